The fourth-order valence-corrected chi connectivity index (χ4v) is 3.81. The molecule has 2 aromatic rings. The minimum Gasteiger partial charge on any atom is -0.354 e. The molecule has 32 heavy (non-hydrogen) atoms. The summed E-state index contributed by atoms with van der Waals surface area (Å²) in [5, 5.41) is 3.60. The molecule has 2 rings (SSSR count). The lowest BCUT2D eigenvalue weighted by molar-refractivity contribution is -0.141. The van der Waals surface area contributed by atoms with Crippen molar-refractivity contribution in [3.05, 3.63) is 70.2 Å². The summed E-state index contributed by atoms with van der Waals surface area (Å²) in [7, 11) is 0. The molecule has 0 aliphatic heterocycles. The zero-order valence-corrected chi connectivity index (χ0v) is 20.8. The van der Waals surface area contributed by atoms with Crippen LogP contribution in [0.1, 0.15) is 70.1 Å². The summed E-state index contributed by atoms with van der Waals surface area (Å²) in [6.07, 6.45) is 1.53. The van der Waals surface area contributed by atoms with Gasteiger partial charge in [-0.3, -0.25) is 9.59 Å². The second-order valence-corrected chi connectivity index (χ2v) is 9.48. The van der Waals surface area contributed by atoms with Gasteiger partial charge in [0.05, 0.1) is 0 Å². The molecular formula is C27H37ClN2O2. The second kappa shape index (κ2) is 12.6. The lowest BCUT2D eigenvalue weighted by Gasteiger charge is -2.31. The van der Waals surface area contributed by atoms with E-state index < -0.39 is 6.04 Å². The number of carbonyl (C=O) groups is 2. The Balaban J connectivity index is 2.18. The Labute approximate surface area is 198 Å². The molecule has 0 spiro atoms. The molecule has 1 N–H and O–H groups in total. The van der Waals surface area contributed by atoms with Crippen molar-refractivity contribution in [2.45, 2.75) is 72.4 Å². The third-order valence-corrected chi connectivity index (χ3v) is 6.01. The molecule has 1 unspecified atom stereocenters. The molecule has 0 saturated heterocycles. The third-order valence-electron chi connectivity index (χ3n) is 5.64. The SMILES string of the molecule is CCC(C(=O)NCC(C)C)N(Cc1ccccc1Cl)C(=O)CCc1ccc(C(C)C)cc1. The maximum absolute atomic E-state index is 13.4. The van der Waals surface area contributed by atoms with Crippen molar-refractivity contribution in [2.75, 3.05) is 6.54 Å². The van der Waals surface area contributed by atoms with E-state index in [4.69, 9.17) is 11.6 Å². The maximum atomic E-state index is 13.4. The molecule has 0 aliphatic rings. The Morgan fingerprint density at radius 2 is 1.66 bits per heavy atom. The first kappa shape index (κ1) is 25.9. The van der Waals surface area contributed by atoms with Crippen LogP contribution in [-0.4, -0.2) is 29.3 Å². The number of carbonyl (C=O) groups excluding carboxylic acids is 2. The molecule has 2 amide bonds. The number of rotatable bonds is 11. The van der Waals surface area contributed by atoms with E-state index in [-0.39, 0.29) is 11.8 Å². The van der Waals surface area contributed by atoms with Crippen LogP contribution in [0.2, 0.25) is 5.02 Å². The third kappa shape index (κ3) is 7.67. The van der Waals surface area contributed by atoms with E-state index in [2.05, 4.69) is 57.3 Å². The average Bonchev–Trinajstić information content (AvgIpc) is 2.77. The quantitative estimate of drug-likeness (QED) is 0.452. The van der Waals surface area contributed by atoms with Gasteiger partial charge in [-0.25, -0.2) is 0 Å². The molecular weight excluding hydrogens is 420 g/mol. The minimum absolute atomic E-state index is 0.0376. The molecule has 174 valence electrons. The van der Waals surface area contributed by atoms with Crippen molar-refractivity contribution in [3.63, 3.8) is 0 Å². The normalized spacial score (nSPS) is 12.1. The van der Waals surface area contributed by atoms with Crippen molar-refractivity contribution in [2.24, 2.45) is 5.92 Å². The summed E-state index contributed by atoms with van der Waals surface area (Å²) in [6.45, 7) is 11.3. The number of benzene rings is 2. The number of aryl methyl sites for hydroxylation is 1. The molecule has 5 heteroatoms. The van der Waals surface area contributed by atoms with Crippen molar-refractivity contribution < 1.29 is 9.59 Å². The highest BCUT2D eigenvalue weighted by Gasteiger charge is 2.28. The summed E-state index contributed by atoms with van der Waals surface area (Å²) in [4.78, 5) is 28.0. The molecule has 0 radical (unpaired) electrons. The Morgan fingerprint density at radius 3 is 2.22 bits per heavy atom. The van der Waals surface area contributed by atoms with Gasteiger partial charge in [0.25, 0.3) is 0 Å². The van der Waals surface area contributed by atoms with Gasteiger partial charge in [-0.2, -0.15) is 0 Å². The van der Waals surface area contributed by atoms with E-state index in [1.807, 2.05) is 31.2 Å². The zero-order chi connectivity index (χ0) is 23.7. The van der Waals surface area contributed by atoms with Gasteiger partial charge in [0.1, 0.15) is 6.04 Å². The summed E-state index contributed by atoms with van der Waals surface area (Å²) in [5.41, 5.74) is 3.25. The smallest absolute Gasteiger partial charge is 0.242 e. The second-order valence-electron chi connectivity index (χ2n) is 9.07. The number of amides is 2. The Bertz CT molecular complexity index is 877. The van der Waals surface area contributed by atoms with E-state index in [9.17, 15) is 9.59 Å². The van der Waals surface area contributed by atoms with Crippen LogP contribution in [0, 0.1) is 5.92 Å². The lowest BCUT2D eigenvalue weighted by Crippen LogP contribution is -2.49. The minimum atomic E-state index is -0.527. The highest BCUT2D eigenvalue weighted by molar-refractivity contribution is 6.31. The summed E-state index contributed by atoms with van der Waals surface area (Å²) < 4.78 is 0. The largest absolute Gasteiger partial charge is 0.354 e. The number of nitrogens with one attached hydrogen (secondary N) is 1. The van der Waals surface area contributed by atoms with Gasteiger partial charge in [0.2, 0.25) is 11.8 Å². The number of nitrogens with zero attached hydrogens (tertiary/aromatic N) is 1. The van der Waals surface area contributed by atoms with Crippen LogP contribution in [0.25, 0.3) is 0 Å². The predicted molar refractivity (Wildman–Crippen MR) is 133 cm³/mol. The number of hydrogen-bond donors (Lipinski definition) is 1. The molecule has 0 bridgehead atoms. The molecule has 4 nitrogen and oxygen atoms in total. The summed E-state index contributed by atoms with van der Waals surface area (Å²) in [5.74, 6) is 0.678. The number of halogens is 1. The van der Waals surface area contributed by atoms with Gasteiger partial charge in [0, 0.05) is 24.5 Å². The van der Waals surface area contributed by atoms with Gasteiger partial charge < -0.3 is 10.2 Å². The predicted octanol–water partition coefficient (Wildman–Crippen LogP) is 5.98. The average molecular weight is 457 g/mol. The van der Waals surface area contributed by atoms with E-state index in [1.165, 1.54) is 5.56 Å². The molecule has 2 aromatic carbocycles. The first-order valence-electron chi connectivity index (χ1n) is 11.6. The molecule has 1 atom stereocenters. The summed E-state index contributed by atoms with van der Waals surface area (Å²) >= 11 is 6.38. The first-order valence-corrected chi connectivity index (χ1v) is 12.0. The molecule has 0 heterocycles. The molecule has 0 aromatic heterocycles. The monoisotopic (exact) mass is 456 g/mol. The van der Waals surface area contributed by atoms with Crippen LogP contribution >= 0.6 is 11.6 Å². The van der Waals surface area contributed by atoms with Gasteiger partial charge in [-0.05, 0) is 47.4 Å². The van der Waals surface area contributed by atoms with Gasteiger partial charge >= 0.3 is 0 Å². The zero-order valence-electron chi connectivity index (χ0n) is 20.0. The maximum Gasteiger partial charge on any atom is 0.242 e. The van der Waals surface area contributed by atoms with Gasteiger partial charge in [-0.15, -0.1) is 0 Å². The molecule has 0 aliphatic carbocycles. The Kier molecular flexibility index (Phi) is 10.2. The van der Waals surface area contributed by atoms with E-state index in [0.717, 1.165) is 11.1 Å². The van der Waals surface area contributed by atoms with E-state index in [1.54, 1.807) is 4.90 Å². The Morgan fingerprint density at radius 1 is 1.00 bits per heavy atom. The van der Waals surface area contributed by atoms with Crippen molar-refractivity contribution in [3.8, 4) is 0 Å². The number of hydrogen-bond acceptors (Lipinski definition) is 2. The van der Waals surface area contributed by atoms with Crippen LogP contribution in [0.5, 0.6) is 0 Å². The fraction of sp³-hybridized carbons (Fsp3) is 0.481. The van der Waals surface area contributed by atoms with Crippen LogP contribution in [0.15, 0.2) is 48.5 Å². The van der Waals surface area contributed by atoms with Crippen LogP contribution in [0.4, 0.5) is 0 Å². The van der Waals surface area contributed by atoms with Crippen molar-refractivity contribution in [1.29, 1.82) is 0 Å². The van der Waals surface area contributed by atoms with Crippen LogP contribution < -0.4 is 5.32 Å². The fourth-order valence-electron chi connectivity index (χ4n) is 3.62. The van der Waals surface area contributed by atoms with Crippen molar-refractivity contribution in [1.82, 2.24) is 10.2 Å². The van der Waals surface area contributed by atoms with Gasteiger partial charge in [0.15, 0.2) is 0 Å². The molecule has 0 fully saturated rings. The highest BCUT2D eigenvalue weighted by atomic mass is 35.5. The Hall–Kier alpha value is -2.33. The van der Waals surface area contributed by atoms with Gasteiger partial charge in [-0.1, -0.05) is 88.7 Å². The van der Waals surface area contributed by atoms with Crippen LogP contribution in [-0.2, 0) is 22.6 Å². The highest BCUT2D eigenvalue weighted by Crippen LogP contribution is 2.21. The van der Waals surface area contributed by atoms with Crippen molar-refractivity contribution >= 4 is 23.4 Å². The molecule has 0 saturated carbocycles. The van der Waals surface area contributed by atoms with Crippen LogP contribution in [0.3, 0.4) is 0 Å². The standard InChI is InChI=1S/C27H37ClN2O2/c1-6-25(27(32)29-17-19(2)3)30(18-23-9-7-8-10-24(23)28)26(31)16-13-21-11-14-22(15-12-21)20(4)5/h7-12,14-15,19-20,25H,6,13,16-18H2,1-5H3,(H,29,32). The first-order chi connectivity index (χ1) is 15.2. The topological polar surface area (TPSA) is 49.4 Å². The summed E-state index contributed by atoms with van der Waals surface area (Å²) in [6, 6.07) is 15.4. The van der Waals surface area contributed by atoms with E-state index in [0.29, 0.717) is 49.2 Å². The lowest BCUT2D eigenvalue weighted by atomic mass is 10.00. The van der Waals surface area contributed by atoms with E-state index >= 15 is 0 Å².